The summed E-state index contributed by atoms with van der Waals surface area (Å²) >= 11 is 0. The van der Waals surface area contributed by atoms with Crippen molar-refractivity contribution in [1.82, 2.24) is 4.90 Å². The van der Waals surface area contributed by atoms with Gasteiger partial charge in [0.05, 0.1) is 13.2 Å². The highest BCUT2D eigenvalue weighted by molar-refractivity contribution is 5.10. The van der Waals surface area contributed by atoms with Gasteiger partial charge in [0.25, 0.3) is 0 Å². The Kier molecular flexibility index (Phi) is 2.54. The van der Waals surface area contributed by atoms with E-state index in [1.165, 1.54) is 38.8 Å². The number of hydrogen-bond acceptors (Lipinski definition) is 3. The molecule has 0 radical (unpaired) electrons. The summed E-state index contributed by atoms with van der Waals surface area (Å²) in [6.07, 6.45) is 5.41. The van der Waals surface area contributed by atoms with Gasteiger partial charge in [-0.1, -0.05) is 6.42 Å². The Bertz CT molecular complexity index is 266. The van der Waals surface area contributed by atoms with Crippen molar-refractivity contribution in [2.45, 2.75) is 25.7 Å². The van der Waals surface area contributed by atoms with Gasteiger partial charge in [0.15, 0.2) is 0 Å². The van der Waals surface area contributed by atoms with Crippen LogP contribution in [-0.4, -0.2) is 44.8 Å². The van der Waals surface area contributed by atoms with Gasteiger partial charge in [0, 0.05) is 12.0 Å². The van der Waals surface area contributed by atoms with Gasteiger partial charge in [0.1, 0.15) is 0 Å². The molecule has 0 aromatic rings. The van der Waals surface area contributed by atoms with E-state index in [2.05, 4.69) is 11.9 Å². The van der Waals surface area contributed by atoms with Gasteiger partial charge in [0.2, 0.25) is 0 Å². The molecule has 92 valence electrons. The molecule has 0 aromatic heterocycles. The number of ether oxygens (including phenoxy) is 1. The molecule has 2 N–H and O–H groups in total. The van der Waals surface area contributed by atoms with Crippen LogP contribution >= 0.6 is 0 Å². The molecule has 0 spiro atoms. The SMILES string of the molecule is CN1CCC(C2(C3(CN)CCC3)COC2)C1. The number of nitrogens with zero attached hydrogens (tertiary/aromatic N) is 1. The second kappa shape index (κ2) is 3.69. The standard InChI is InChI=1S/C13H24N2O/c1-15-6-3-11(7-15)13(9-16-10-13)12(8-14)4-2-5-12/h11H,2-10,14H2,1H3. The molecular formula is C13H24N2O. The van der Waals surface area contributed by atoms with E-state index in [4.69, 9.17) is 10.5 Å². The minimum atomic E-state index is 0.432. The van der Waals surface area contributed by atoms with Gasteiger partial charge in [-0.15, -0.1) is 0 Å². The van der Waals surface area contributed by atoms with Crippen LogP contribution in [0.2, 0.25) is 0 Å². The highest BCUT2D eigenvalue weighted by Gasteiger charge is 2.61. The Balaban J connectivity index is 1.82. The predicted molar refractivity (Wildman–Crippen MR) is 64.2 cm³/mol. The molecule has 3 fully saturated rings. The fourth-order valence-electron chi connectivity index (χ4n) is 4.19. The van der Waals surface area contributed by atoms with Crippen LogP contribution in [0, 0.1) is 16.7 Å². The lowest BCUT2D eigenvalue weighted by molar-refractivity contribution is -0.234. The molecule has 3 nitrogen and oxygen atoms in total. The lowest BCUT2D eigenvalue weighted by atomic mass is 9.48. The zero-order valence-electron chi connectivity index (χ0n) is 10.4. The van der Waals surface area contributed by atoms with Crippen LogP contribution in [0.4, 0.5) is 0 Å². The van der Waals surface area contributed by atoms with Crippen molar-refractivity contribution in [3.8, 4) is 0 Å². The van der Waals surface area contributed by atoms with E-state index in [9.17, 15) is 0 Å². The molecule has 3 rings (SSSR count). The monoisotopic (exact) mass is 224 g/mol. The van der Waals surface area contributed by atoms with Crippen LogP contribution in [0.1, 0.15) is 25.7 Å². The van der Waals surface area contributed by atoms with Gasteiger partial charge >= 0.3 is 0 Å². The van der Waals surface area contributed by atoms with Gasteiger partial charge in [-0.2, -0.15) is 0 Å². The summed E-state index contributed by atoms with van der Waals surface area (Å²) in [4.78, 5) is 2.47. The van der Waals surface area contributed by atoms with Crippen molar-refractivity contribution >= 4 is 0 Å². The summed E-state index contributed by atoms with van der Waals surface area (Å²) in [5, 5.41) is 0. The average molecular weight is 224 g/mol. The predicted octanol–water partition coefficient (Wildman–Crippen LogP) is 1.08. The maximum atomic E-state index is 6.10. The molecule has 16 heavy (non-hydrogen) atoms. The van der Waals surface area contributed by atoms with Crippen molar-refractivity contribution in [1.29, 1.82) is 0 Å². The Morgan fingerprint density at radius 1 is 1.38 bits per heavy atom. The molecule has 3 heteroatoms. The zero-order chi connectivity index (χ0) is 11.2. The van der Waals surface area contributed by atoms with Gasteiger partial charge in [-0.25, -0.2) is 0 Å². The van der Waals surface area contributed by atoms with E-state index in [0.29, 0.717) is 10.8 Å². The highest BCUT2D eigenvalue weighted by atomic mass is 16.5. The van der Waals surface area contributed by atoms with E-state index < -0.39 is 0 Å². The van der Waals surface area contributed by atoms with Crippen LogP contribution in [0.3, 0.4) is 0 Å². The summed E-state index contributed by atoms with van der Waals surface area (Å²) in [6, 6.07) is 0. The van der Waals surface area contributed by atoms with Gasteiger partial charge in [-0.05, 0) is 50.7 Å². The maximum Gasteiger partial charge on any atom is 0.0553 e. The first-order valence-corrected chi connectivity index (χ1v) is 6.69. The molecule has 0 amide bonds. The topological polar surface area (TPSA) is 38.5 Å². The number of hydrogen-bond donors (Lipinski definition) is 1. The normalized spacial score (nSPS) is 36.8. The summed E-state index contributed by atoms with van der Waals surface area (Å²) in [5.74, 6) is 0.829. The van der Waals surface area contributed by atoms with Crippen LogP contribution in [0.5, 0.6) is 0 Å². The molecule has 1 aliphatic carbocycles. The number of likely N-dealkylation sites (tertiary alicyclic amines) is 1. The lowest BCUT2D eigenvalue weighted by Gasteiger charge is -2.62. The lowest BCUT2D eigenvalue weighted by Crippen LogP contribution is -2.65. The molecule has 1 saturated carbocycles. The average Bonchev–Trinajstić information content (AvgIpc) is 2.55. The largest absolute Gasteiger partial charge is 0.380 e. The molecule has 0 aromatic carbocycles. The molecule has 1 unspecified atom stereocenters. The molecule has 2 saturated heterocycles. The second-order valence-electron chi connectivity index (χ2n) is 6.23. The zero-order valence-corrected chi connectivity index (χ0v) is 10.4. The van der Waals surface area contributed by atoms with E-state index in [1.54, 1.807) is 0 Å². The fraction of sp³-hybridized carbons (Fsp3) is 1.00. The summed E-state index contributed by atoms with van der Waals surface area (Å²) < 4.78 is 5.60. The van der Waals surface area contributed by atoms with Crippen molar-refractivity contribution < 1.29 is 4.74 Å². The van der Waals surface area contributed by atoms with Crippen LogP contribution in [0.15, 0.2) is 0 Å². The molecule has 0 bridgehead atoms. The molecular weight excluding hydrogens is 200 g/mol. The fourth-order valence-corrected chi connectivity index (χ4v) is 4.19. The first-order valence-electron chi connectivity index (χ1n) is 6.69. The van der Waals surface area contributed by atoms with E-state index in [0.717, 1.165) is 25.7 Å². The summed E-state index contributed by atoms with van der Waals surface area (Å²) in [6.45, 7) is 5.33. The number of nitrogens with two attached hydrogens (primary N) is 1. The minimum Gasteiger partial charge on any atom is -0.380 e. The quantitative estimate of drug-likeness (QED) is 0.780. The summed E-state index contributed by atoms with van der Waals surface area (Å²) in [7, 11) is 2.24. The Labute approximate surface area is 98.3 Å². The van der Waals surface area contributed by atoms with Gasteiger partial charge in [-0.3, -0.25) is 0 Å². The van der Waals surface area contributed by atoms with Crippen molar-refractivity contribution in [3.63, 3.8) is 0 Å². The molecule has 2 heterocycles. The summed E-state index contributed by atoms with van der Waals surface area (Å²) in [5.41, 5.74) is 6.96. The Morgan fingerprint density at radius 3 is 2.44 bits per heavy atom. The third-order valence-electron chi connectivity index (χ3n) is 5.65. The molecule has 1 atom stereocenters. The van der Waals surface area contributed by atoms with E-state index in [-0.39, 0.29) is 0 Å². The van der Waals surface area contributed by atoms with Crippen molar-refractivity contribution in [2.24, 2.45) is 22.5 Å². The van der Waals surface area contributed by atoms with Gasteiger partial charge < -0.3 is 15.4 Å². The van der Waals surface area contributed by atoms with E-state index >= 15 is 0 Å². The Hall–Kier alpha value is -0.120. The van der Waals surface area contributed by atoms with Crippen LogP contribution < -0.4 is 5.73 Å². The van der Waals surface area contributed by atoms with Crippen molar-refractivity contribution in [2.75, 3.05) is 39.9 Å². The Morgan fingerprint density at radius 2 is 2.12 bits per heavy atom. The minimum absolute atomic E-state index is 0.432. The van der Waals surface area contributed by atoms with Crippen molar-refractivity contribution in [3.05, 3.63) is 0 Å². The highest BCUT2D eigenvalue weighted by Crippen LogP contribution is 2.61. The third kappa shape index (κ3) is 1.25. The number of rotatable bonds is 3. The van der Waals surface area contributed by atoms with Crippen LogP contribution in [-0.2, 0) is 4.74 Å². The van der Waals surface area contributed by atoms with Crippen LogP contribution in [0.25, 0.3) is 0 Å². The first-order chi connectivity index (χ1) is 7.72. The molecule has 2 aliphatic heterocycles. The maximum absolute atomic E-state index is 6.10. The third-order valence-corrected chi connectivity index (χ3v) is 5.65. The van der Waals surface area contributed by atoms with E-state index in [1.807, 2.05) is 0 Å². The molecule has 3 aliphatic rings. The smallest absolute Gasteiger partial charge is 0.0553 e. The second-order valence-corrected chi connectivity index (χ2v) is 6.23. The first kappa shape index (κ1) is 11.0.